The van der Waals surface area contributed by atoms with Crippen molar-refractivity contribution in [1.29, 1.82) is 0 Å². The Balaban J connectivity index is 1.87. The van der Waals surface area contributed by atoms with Gasteiger partial charge in [-0.1, -0.05) is 18.2 Å². The molecule has 5 heteroatoms. The van der Waals surface area contributed by atoms with Crippen molar-refractivity contribution in [2.45, 2.75) is 0 Å². The molecule has 1 N–H and O–H groups in total. The fraction of sp³-hybridized carbons (Fsp3) is 0.273. The highest BCUT2D eigenvalue weighted by atomic mass is 32.2. The van der Waals surface area contributed by atoms with Gasteiger partial charge in [0.2, 0.25) is 11.8 Å². The third-order valence-electron chi connectivity index (χ3n) is 2.22. The molecule has 1 aromatic carbocycles. The van der Waals surface area contributed by atoms with Gasteiger partial charge in [-0.05, 0) is 12.1 Å². The molecule has 2 amide bonds. The minimum atomic E-state index is -0.151. The number of thioether (sulfide) groups is 1. The Morgan fingerprint density at radius 3 is 2.75 bits per heavy atom. The average molecular weight is 236 g/mol. The minimum Gasteiger partial charge on any atom is -0.325 e. The number of nitrogens with zero attached hydrogens (tertiary/aromatic N) is 1. The molecular formula is C11H12N2O2S. The van der Waals surface area contributed by atoms with Crippen molar-refractivity contribution in [2.24, 2.45) is 0 Å². The highest BCUT2D eigenvalue weighted by molar-refractivity contribution is 8.00. The molecule has 0 atom stereocenters. The van der Waals surface area contributed by atoms with E-state index in [4.69, 9.17) is 0 Å². The molecule has 0 unspecified atom stereocenters. The summed E-state index contributed by atoms with van der Waals surface area (Å²) in [6.07, 6.45) is 0. The zero-order valence-electron chi connectivity index (χ0n) is 8.68. The Morgan fingerprint density at radius 1 is 1.38 bits per heavy atom. The zero-order chi connectivity index (χ0) is 11.4. The van der Waals surface area contributed by atoms with Crippen molar-refractivity contribution in [3.8, 4) is 0 Å². The molecular weight excluding hydrogens is 224 g/mol. The molecule has 4 nitrogen and oxygen atoms in total. The molecule has 2 rings (SSSR count). The molecule has 0 aliphatic carbocycles. The predicted octanol–water partition coefficient (Wildman–Crippen LogP) is 1.16. The molecule has 0 aromatic heterocycles. The van der Waals surface area contributed by atoms with E-state index >= 15 is 0 Å². The standard InChI is InChI=1S/C11H12N2O2S/c14-10(6-13-8-16-7-11(13)15)12-9-4-2-1-3-5-9/h1-5H,6-8H2,(H,12,14). The van der Waals surface area contributed by atoms with Gasteiger partial charge in [-0.15, -0.1) is 11.8 Å². The van der Waals surface area contributed by atoms with Gasteiger partial charge in [0.05, 0.1) is 11.6 Å². The van der Waals surface area contributed by atoms with Crippen LogP contribution in [0.25, 0.3) is 0 Å². The summed E-state index contributed by atoms with van der Waals surface area (Å²) in [7, 11) is 0. The molecule has 0 radical (unpaired) electrons. The maximum absolute atomic E-state index is 11.6. The number of carbonyl (C=O) groups is 2. The fourth-order valence-electron chi connectivity index (χ4n) is 1.44. The monoisotopic (exact) mass is 236 g/mol. The molecule has 1 aliphatic rings. The molecule has 0 saturated carbocycles. The summed E-state index contributed by atoms with van der Waals surface area (Å²) in [5.41, 5.74) is 0.756. The van der Waals surface area contributed by atoms with E-state index in [1.54, 1.807) is 4.90 Å². The Labute approximate surface area is 98.0 Å². The third kappa shape index (κ3) is 2.76. The maximum atomic E-state index is 11.6. The van der Waals surface area contributed by atoms with Crippen molar-refractivity contribution in [1.82, 2.24) is 4.90 Å². The van der Waals surface area contributed by atoms with Gasteiger partial charge in [0.15, 0.2) is 0 Å². The van der Waals surface area contributed by atoms with Gasteiger partial charge in [0, 0.05) is 5.69 Å². The second-order valence-corrected chi connectivity index (χ2v) is 4.44. The lowest BCUT2D eigenvalue weighted by Crippen LogP contribution is -2.34. The number of carbonyl (C=O) groups excluding carboxylic acids is 2. The van der Waals surface area contributed by atoms with E-state index in [0.717, 1.165) is 5.69 Å². The predicted molar refractivity (Wildman–Crippen MR) is 64.1 cm³/mol. The molecule has 84 valence electrons. The second kappa shape index (κ2) is 5.03. The summed E-state index contributed by atoms with van der Waals surface area (Å²) < 4.78 is 0. The zero-order valence-corrected chi connectivity index (χ0v) is 9.50. The van der Waals surface area contributed by atoms with Gasteiger partial charge >= 0.3 is 0 Å². The van der Waals surface area contributed by atoms with E-state index in [1.807, 2.05) is 30.3 Å². The summed E-state index contributed by atoms with van der Waals surface area (Å²) in [6, 6.07) is 9.23. The Kier molecular flexibility index (Phi) is 3.46. The van der Waals surface area contributed by atoms with E-state index in [0.29, 0.717) is 11.6 Å². The molecule has 1 fully saturated rings. The van der Waals surface area contributed by atoms with Gasteiger partial charge in [-0.25, -0.2) is 0 Å². The number of hydrogen-bond acceptors (Lipinski definition) is 3. The Hall–Kier alpha value is -1.49. The first kappa shape index (κ1) is 11.0. The third-order valence-corrected chi connectivity index (χ3v) is 3.16. The summed E-state index contributed by atoms with van der Waals surface area (Å²) in [5, 5.41) is 2.75. The molecule has 0 bridgehead atoms. The number of rotatable bonds is 3. The summed E-state index contributed by atoms with van der Waals surface area (Å²) >= 11 is 1.53. The quantitative estimate of drug-likeness (QED) is 0.856. The first-order valence-electron chi connectivity index (χ1n) is 4.96. The summed E-state index contributed by atoms with van der Waals surface area (Å²) in [4.78, 5) is 24.4. The smallest absolute Gasteiger partial charge is 0.244 e. The van der Waals surface area contributed by atoms with Crippen LogP contribution in [-0.4, -0.2) is 34.9 Å². The van der Waals surface area contributed by atoms with Gasteiger partial charge in [-0.2, -0.15) is 0 Å². The van der Waals surface area contributed by atoms with E-state index in [1.165, 1.54) is 11.8 Å². The molecule has 0 spiro atoms. The van der Waals surface area contributed by atoms with Crippen LogP contribution in [0.5, 0.6) is 0 Å². The lowest BCUT2D eigenvalue weighted by Gasteiger charge is -2.13. The van der Waals surface area contributed by atoms with Crippen molar-refractivity contribution in [3.63, 3.8) is 0 Å². The molecule has 1 saturated heterocycles. The molecule has 1 aromatic rings. The molecule has 1 heterocycles. The van der Waals surface area contributed by atoms with Gasteiger partial charge in [-0.3, -0.25) is 9.59 Å². The lowest BCUT2D eigenvalue weighted by atomic mass is 10.3. The van der Waals surface area contributed by atoms with Crippen LogP contribution in [0.4, 0.5) is 5.69 Å². The van der Waals surface area contributed by atoms with Crippen LogP contribution in [0, 0.1) is 0 Å². The van der Waals surface area contributed by atoms with Gasteiger partial charge < -0.3 is 10.2 Å². The first-order chi connectivity index (χ1) is 7.75. The SMILES string of the molecule is O=C(CN1CSCC1=O)Nc1ccccc1. The van der Waals surface area contributed by atoms with Gasteiger partial charge in [0.1, 0.15) is 6.54 Å². The Morgan fingerprint density at radius 2 is 2.12 bits per heavy atom. The number of hydrogen-bond donors (Lipinski definition) is 1. The number of amides is 2. The normalized spacial score (nSPS) is 15.2. The topological polar surface area (TPSA) is 49.4 Å². The van der Waals surface area contributed by atoms with E-state index < -0.39 is 0 Å². The van der Waals surface area contributed by atoms with E-state index in [9.17, 15) is 9.59 Å². The van der Waals surface area contributed by atoms with Crippen molar-refractivity contribution < 1.29 is 9.59 Å². The number of nitrogens with one attached hydrogen (secondary N) is 1. The first-order valence-corrected chi connectivity index (χ1v) is 6.11. The van der Waals surface area contributed by atoms with E-state index in [-0.39, 0.29) is 18.4 Å². The van der Waals surface area contributed by atoms with Crippen molar-refractivity contribution in [2.75, 3.05) is 23.5 Å². The largest absolute Gasteiger partial charge is 0.325 e. The number of anilines is 1. The fourth-order valence-corrected chi connectivity index (χ4v) is 2.34. The van der Waals surface area contributed by atoms with Crippen LogP contribution >= 0.6 is 11.8 Å². The molecule has 16 heavy (non-hydrogen) atoms. The van der Waals surface area contributed by atoms with Crippen LogP contribution in [0.3, 0.4) is 0 Å². The van der Waals surface area contributed by atoms with E-state index in [2.05, 4.69) is 5.32 Å². The van der Waals surface area contributed by atoms with Crippen LogP contribution in [-0.2, 0) is 9.59 Å². The van der Waals surface area contributed by atoms with Crippen LogP contribution in [0.2, 0.25) is 0 Å². The van der Waals surface area contributed by atoms with Gasteiger partial charge in [0.25, 0.3) is 0 Å². The van der Waals surface area contributed by atoms with Crippen LogP contribution in [0.1, 0.15) is 0 Å². The van der Waals surface area contributed by atoms with Crippen molar-refractivity contribution in [3.05, 3.63) is 30.3 Å². The lowest BCUT2D eigenvalue weighted by molar-refractivity contribution is -0.130. The summed E-state index contributed by atoms with van der Waals surface area (Å²) in [5.74, 6) is 0.981. The average Bonchev–Trinajstić information content (AvgIpc) is 2.66. The Bertz CT molecular complexity index is 394. The number of para-hydroxylation sites is 1. The highest BCUT2D eigenvalue weighted by Crippen LogP contribution is 2.14. The van der Waals surface area contributed by atoms with Crippen molar-refractivity contribution >= 4 is 29.3 Å². The maximum Gasteiger partial charge on any atom is 0.244 e. The van der Waals surface area contributed by atoms with Crippen LogP contribution in [0.15, 0.2) is 30.3 Å². The number of benzene rings is 1. The minimum absolute atomic E-state index is 0.0354. The van der Waals surface area contributed by atoms with Crippen LogP contribution < -0.4 is 5.32 Å². The molecule has 1 aliphatic heterocycles. The second-order valence-electron chi connectivity index (χ2n) is 3.48. The highest BCUT2D eigenvalue weighted by Gasteiger charge is 2.22. The summed E-state index contributed by atoms with van der Waals surface area (Å²) in [6.45, 7) is 0.140.